The van der Waals surface area contributed by atoms with Crippen LogP contribution in [-0.2, 0) is 10.0 Å². The van der Waals surface area contributed by atoms with E-state index in [1.54, 1.807) is 12.1 Å². The highest BCUT2D eigenvalue weighted by molar-refractivity contribution is 7.89. The third-order valence-corrected chi connectivity index (χ3v) is 7.18. The first-order valence-electron chi connectivity index (χ1n) is 9.64. The number of sulfonamides is 1. The number of carbonyl (C=O) groups excluding carboxylic acids is 1. The molecule has 3 rings (SSSR count). The molecule has 11 heteroatoms. The largest absolute Gasteiger partial charge is 0.332 e. The molecule has 0 aromatic heterocycles. The fraction of sp³-hybridized carbons (Fsp3) is 0.300. The van der Waals surface area contributed by atoms with Gasteiger partial charge in [-0.25, -0.2) is 8.42 Å². The monoisotopic (exact) mass is 462 g/mol. The highest BCUT2D eigenvalue weighted by Crippen LogP contribution is 2.24. The molecular weight excluding hydrogens is 440 g/mol. The molecule has 2 aromatic carbocycles. The molecule has 1 aliphatic rings. The number of amides is 1. The van der Waals surface area contributed by atoms with Gasteiger partial charge in [-0.15, -0.1) is 0 Å². The summed E-state index contributed by atoms with van der Waals surface area (Å²) >= 11 is 5.10. The second kappa shape index (κ2) is 9.50. The Bertz CT molecular complexity index is 1090. The van der Waals surface area contributed by atoms with E-state index in [1.807, 2.05) is 0 Å². The number of rotatable bonds is 5. The lowest BCUT2D eigenvalue weighted by Crippen LogP contribution is -2.37. The first kappa shape index (κ1) is 22.8. The fourth-order valence-corrected chi connectivity index (χ4v) is 4.92. The predicted molar refractivity (Wildman–Crippen MR) is 120 cm³/mol. The van der Waals surface area contributed by atoms with Crippen molar-refractivity contribution >= 4 is 44.6 Å². The second-order valence-electron chi connectivity index (χ2n) is 7.29. The quantitative estimate of drug-likeness (QED) is 0.398. The van der Waals surface area contributed by atoms with Gasteiger partial charge in [0.25, 0.3) is 11.6 Å². The lowest BCUT2D eigenvalue weighted by atomic mass is 10.0. The lowest BCUT2D eigenvalue weighted by molar-refractivity contribution is -0.385. The van der Waals surface area contributed by atoms with Crippen LogP contribution in [0.2, 0.25) is 0 Å². The molecule has 1 amide bonds. The first-order chi connectivity index (χ1) is 14.7. The Morgan fingerprint density at radius 3 is 2.35 bits per heavy atom. The minimum atomic E-state index is -3.56. The molecule has 0 bridgehead atoms. The molecule has 0 saturated carbocycles. The number of carbonyl (C=O) groups is 1. The van der Waals surface area contributed by atoms with Gasteiger partial charge in [0, 0.05) is 24.8 Å². The molecule has 0 unspecified atom stereocenters. The summed E-state index contributed by atoms with van der Waals surface area (Å²) in [6.45, 7) is 3.12. The van der Waals surface area contributed by atoms with Gasteiger partial charge in [-0.2, -0.15) is 4.31 Å². The van der Waals surface area contributed by atoms with E-state index >= 15 is 0 Å². The molecule has 2 N–H and O–H groups in total. The van der Waals surface area contributed by atoms with E-state index < -0.39 is 20.9 Å². The Balaban J connectivity index is 1.64. The Morgan fingerprint density at radius 2 is 1.74 bits per heavy atom. The predicted octanol–water partition coefficient (Wildman–Crippen LogP) is 3.14. The van der Waals surface area contributed by atoms with E-state index in [0.717, 1.165) is 12.8 Å². The minimum absolute atomic E-state index is 0.0659. The normalized spacial score (nSPS) is 15.3. The molecular formula is C20H22N4O5S2. The second-order valence-corrected chi connectivity index (χ2v) is 9.64. The minimum Gasteiger partial charge on any atom is -0.332 e. The lowest BCUT2D eigenvalue weighted by Gasteiger charge is -2.29. The average molecular weight is 463 g/mol. The molecule has 164 valence electrons. The van der Waals surface area contributed by atoms with Crippen LogP contribution in [0.3, 0.4) is 0 Å². The number of nitrogens with zero attached hydrogens (tertiary/aromatic N) is 2. The molecule has 0 atom stereocenters. The zero-order chi connectivity index (χ0) is 22.6. The number of nitro groups is 1. The van der Waals surface area contributed by atoms with Gasteiger partial charge in [0.1, 0.15) is 5.56 Å². The van der Waals surface area contributed by atoms with Crippen LogP contribution >= 0.6 is 12.2 Å². The standard InChI is InChI=1S/C20H22N4O5S2/c1-14-10-12-23(13-11-14)31(28,29)16-8-6-15(7-9-16)21-20(30)22-19(25)17-4-2-3-5-18(17)24(26)27/h2-9,14H,10-13H2,1H3,(H2,21,22,25,30). The highest BCUT2D eigenvalue weighted by atomic mass is 32.2. The van der Waals surface area contributed by atoms with Crippen LogP contribution < -0.4 is 10.6 Å². The summed E-state index contributed by atoms with van der Waals surface area (Å²) in [4.78, 5) is 22.9. The summed E-state index contributed by atoms with van der Waals surface area (Å²) in [5.41, 5.74) is 0.0254. The van der Waals surface area contributed by atoms with Crippen molar-refractivity contribution in [3.8, 4) is 0 Å². The Kier molecular flexibility index (Phi) is 6.98. The van der Waals surface area contributed by atoms with Gasteiger partial charge in [-0.3, -0.25) is 20.2 Å². The number of para-hydroxylation sites is 1. The number of hydrogen-bond acceptors (Lipinski definition) is 6. The molecule has 0 radical (unpaired) electrons. The maximum Gasteiger partial charge on any atom is 0.282 e. The number of piperidine rings is 1. The summed E-state index contributed by atoms with van der Waals surface area (Å²) in [6, 6.07) is 11.6. The van der Waals surface area contributed by atoms with Crippen molar-refractivity contribution in [1.82, 2.24) is 9.62 Å². The summed E-state index contributed by atoms with van der Waals surface area (Å²) in [7, 11) is -3.56. The van der Waals surface area contributed by atoms with Crippen LogP contribution in [0, 0.1) is 16.0 Å². The van der Waals surface area contributed by atoms with Crippen molar-refractivity contribution in [3.63, 3.8) is 0 Å². The van der Waals surface area contributed by atoms with Crippen LogP contribution in [0.5, 0.6) is 0 Å². The molecule has 1 fully saturated rings. The maximum absolute atomic E-state index is 12.8. The SMILES string of the molecule is CC1CCN(S(=O)(=O)c2ccc(NC(=S)NC(=O)c3ccccc3[N+](=O)[O-])cc2)CC1. The molecule has 1 aliphatic heterocycles. The van der Waals surface area contributed by atoms with Gasteiger partial charge in [0.05, 0.1) is 9.82 Å². The number of anilines is 1. The number of thiocarbonyl (C=S) groups is 1. The van der Waals surface area contributed by atoms with Gasteiger partial charge in [-0.1, -0.05) is 19.1 Å². The summed E-state index contributed by atoms with van der Waals surface area (Å²) in [5, 5.41) is 16.2. The van der Waals surface area contributed by atoms with Gasteiger partial charge < -0.3 is 5.32 Å². The van der Waals surface area contributed by atoms with Crippen LogP contribution in [0.15, 0.2) is 53.4 Å². The van der Waals surface area contributed by atoms with E-state index in [1.165, 1.54) is 40.7 Å². The van der Waals surface area contributed by atoms with Crippen LogP contribution in [0.4, 0.5) is 11.4 Å². The third-order valence-electron chi connectivity index (χ3n) is 5.06. The molecule has 9 nitrogen and oxygen atoms in total. The number of nitro benzene ring substituents is 1. The summed E-state index contributed by atoms with van der Waals surface area (Å²) in [5.74, 6) is -0.199. The zero-order valence-corrected chi connectivity index (χ0v) is 18.4. The molecule has 2 aromatic rings. The number of hydrogen-bond donors (Lipinski definition) is 2. The summed E-state index contributed by atoms with van der Waals surface area (Å²) < 4.78 is 27.1. The number of benzene rings is 2. The molecule has 0 aliphatic carbocycles. The van der Waals surface area contributed by atoms with Crippen molar-refractivity contribution in [1.29, 1.82) is 0 Å². The van der Waals surface area contributed by atoms with E-state index in [9.17, 15) is 23.3 Å². The van der Waals surface area contributed by atoms with E-state index in [-0.39, 0.29) is 21.3 Å². The Hall–Kier alpha value is -2.89. The zero-order valence-electron chi connectivity index (χ0n) is 16.8. The smallest absolute Gasteiger partial charge is 0.282 e. The van der Waals surface area contributed by atoms with Crippen LogP contribution in [0.1, 0.15) is 30.1 Å². The third kappa shape index (κ3) is 5.43. The van der Waals surface area contributed by atoms with Crippen molar-refractivity contribution in [2.45, 2.75) is 24.7 Å². The Morgan fingerprint density at radius 1 is 1.13 bits per heavy atom. The molecule has 0 spiro atoms. The fourth-order valence-electron chi connectivity index (χ4n) is 3.24. The Labute approximate surface area is 185 Å². The van der Waals surface area contributed by atoms with Crippen LogP contribution in [0.25, 0.3) is 0 Å². The first-order valence-corrected chi connectivity index (χ1v) is 11.5. The average Bonchev–Trinajstić information content (AvgIpc) is 2.74. The van der Waals surface area contributed by atoms with Gasteiger partial charge in [0.15, 0.2) is 5.11 Å². The van der Waals surface area contributed by atoms with Crippen molar-refractivity contribution in [2.75, 3.05) is 18.4 Å². The van der Waals surface area contributed by atoms with Gasteiger partial charge in [0.2, 0.25) is 10.0 Å². The molecule has 1 heterocycles. The van der Waals surface area contributed by atoms with E-state index in [2.05, 4.69) is 17.6 Å². The van der Waals surface area contributed by atoms with Gasteiger partial charge in [-0.05, 0) is 61.3 Å². The molecule has 31 heavy (non-hydrogen) atoms. The summed E-state index contributed by atoms with van der Waals surface area (Å²) in [6.07, 6.45) is 1.68. The maximum atomic E-state index is 12.8. The van der Waals surface area contributed by atoms with E-state index in [4.69, 9.17) is 12.2 Å². The van der Waals surface area contributed by atoms with Crippen molar-refractivity contribution in [3.05, 3.63) is 64.2 Å². The van der Waals surface area contributed by atoms with Gasteiger partial charge >= 0.3 is 0 Å². The van der Waals surface area contributed by atoms with E-state index in [0.29, 0.717) is 24.7 Å². The topological polar surface area (TPSA) is 122 Å². The number of nitrogens with one attached hydrogen (secondary N) is 2. The highest BCUT2D eigenvalue weighted by Gasteiger charge is 2.28. The van der Waals surface area contributed by atoms with Crippen molar-refractivity contribution in [2.24, 2.45) is 5.92 Å². The molecule has 1 saturated heterocycles. The van der Waals surface area contributed by atoms with Crippen LogP contribution in [-0.4, -0.2) is 41.8 Å². The van der Waals surface area contributed by atoms with Crippen molar-refractivity contribution < 1.29 is 18.1 Å².